The molecule has 0 spiro atoms. The number of anilines is 1. The van der Waals surface area contributed by atoms with Crippen molar-refractivity contribution in [1.82, 2.24) is 5.16 Å². The molecule has 4 heteroatoms. The number of carbonyl (C=O) groups excluding carboxylic acids is 1. The van der Waals surface area contributed by atoms with Crippen LogP contribution in [0.15, 0.2) is 10.6 Å². The third kappa shape index (κ3) is 1.71. The Balaban J connectivity index is 1.93. The van der Waals surface area contributed by atoms with E-state index in [9.17, 15) is 4.79 Å². The number of hydrogen-bond acceptors (Lipinski definition) is 3. The van der Waals surface area contributed by atoms with Crippen molar-refractivity contribution >= 4 is 11.7 Å². The summed E-state index contributed by atoms with van der Waals surface area (Å²) in [5, 5.41) is 6.41. The lowest BCUT2D eigenvalue weighted by Gasteiger charge is -2.23. The third-order valence-corrected chi connectivity index (χ3v) is 2.36. The molecule has 70 valence electrons. The molecular formula is C9H12N2O2. The first-order valence-electron chi connectivity index (χ1n) is 4.50. The highest BCUT2D eigenvalue weighted by molar-refractivity contribution is 5.92. The average Bonchev–Trinajstić information content (AvgIpc) is 2.31. The molecule has 1 amide bonds. The molecule has 0 aromatic carbocycles. The minimum atomic E-state index is 0.0690. The second-order valence-electron chi connectivity index (χ2n) is 3.44. The van der Waals surface area contributed by atoms with Crippen LogP contribution in [0, 0.1) is 12.8 Å². The molecule has 0 bridgehead atoms. The molecule has 13 heavy (non-hydrogen) atoms. The van der Waals surface area contributed by atoms with Crippen LogP contribution in [0.3, 0.4) is 0 Å². The van der Waals surface area contributed by atoms with Crippen molar-refractivity contribution in [2.75, 3.05) is 5.32 Å². The maximum atomic E-state index is 11.4. The van der Waals surface area contributed by atoms with E-state index in [1.165, 1.54) is 0 Å². The number of nitrogens with zero attached hydrogens (tertiary/aromatic N) is 1. The lowest BCUT2D eigenvalue weighted by molar-refractivity contribution is -0.122. The Kier molecular flexibility index (Phi) is 2.04. The van der Waals surface area contributed by atoms with Gasteiger partial charge in [-0.2, -0.15) is 0 Å². The zero-order valence-corrected chi connectivity index (χ0v) is 7.54. The van der Waals surface area contributed by atoms with E-state index in [1.54, 1.807) is 13.0 Å². The lowest BCUT2D eigenvalue weighted by atomic mass is 9.85. The molecule has 0 unspecified atom stereocenters. The van der Waals surface area contributed by atoms with E-state index in [-0.39, 0.29) is 11.8 Å². The summed E-state index contributed by atoms with van der Waals surface area (Å²) in [6, 6.07) is 1.72. The number of aryl methyl sites for hydroxylation is 1. The minimum Gasteiger partial charge on any atom is -0.360 e. The van der Waals surface area contributed by atoms with Gasteiger partial charge in [-0.1, -0.05) is 11.6 Å². The Morgan fingerprint density at radius 3 is 2.92 bits per heavy atom. The first-order valence-corrected chi connectivity index (χ1v) is 4.50. The predicted molar refractivity (Wildman–Crippen MR) is 47.2 cm³/mol. The number of amides is 1. The molecule has 1 N–H and O–H groups in total. The molecular weight excluding hydrogens is 168 g/mol. The molecule has 1 aromatic heterocycles. The monoisotopic (exact) mass is 180 g/mol. The van der Waals surface area contributed by atoms with Gasteiger partial charge in [0.05, 0.1) is 0 Å². The molecule has 0 atom stereocenters. The van der Waals surface area contributed by atoms with Crippen LogP contribution >= 0.6 is 0 Å². The molecule has 1 aromatic rings. The highest BCUT2D eigenvalue weighted by Gasteiger charge is 2.25. The largest absolute Gasteiger partial charge is 0.360 e. The number of carbonyl (C=O) groups is 1. The van der Waals surface area contributed by atoms with Gasteiger partial charge in [0.25, 0.3) is 0 Å². The van der Waals surface area contributed by atoms with E-state index < -0.39 is 0 Å². The van der Waals surface area contributed by atoms with Crippen LogP contribution in [0.5, 0.6) is 0 Å². The fourth-order valence-corrected chi connectivity index (χ4v) is 1.32. The van der Waals surface area contributed by atoms with Crippen LogP contribution in [-0.4, -0.2) is 11.1 Å². The van der Waals surface area contributed by atoms with Crippen LogP contribution in [0.4, 0.5) is 5.82 Å². The maximum absolute atomic E-state index is 11.4. The van der Waals surface area contributed by atoms with Crippen molar-refractivity contribution in [2.24, 2.45) is 5.92 Å². The van der Waals surface area contributed by atoms with Gasteiger partial charge in [0.15, 0.2) is 5.82 Å². The van der Waals surface area contributed by atoms with E-state index in [0.29, 0.717) is 11.6 Å². The van der Waals surface area contributed by atoms with Gasteiger partial charge >= 0.3 is 0 Å². The summed E-state index contributed by atoms with van der Waals surface area (Å²) in [6.45, 7) is 1.80. The van der Waals surface area contributed by atoms with Gasteiger partial charge in [-0.05, 0) is 19.8 Å². The Hall–Kier alpha value is -1.32. The summed E-state index contributed by atoms with van der Waals surface area (Å²) in [4.78, 5) is 11.4. The molecule has 1 aliphatic rings. The topological polar surface area (TPSA) is 55.1 Å². The molecule has 1 aliphatic carbocycles. The van der Waals surface area contributed by atoms with E-state index in [2.05, 4.69) is 10.5 Å². The molecule has 0 radical (unpaired) electrons. The van der Waals surface area contributed by atoms with Crippen LogP contribution in [0.1, 0.15) is 25.0 Å². The van der Waals surface area contributed by atoms with Crippen molar-refractivity contribution < 1.29 is 9.32 Å². The minimum absolute atomic E-state index is 0.0690. The van der Waals surface area contributed by atoms with Crippen molar-refractivity contribution in [3.8, 4) is 0 Å². The summed E-state index contributed by atoms with van der Waals surface area (Å²) in [7, 11) is 0. The van der Waals surface area contributed by atoms with Crippen molar-refractivity contribution in [1.29, 1.82) is 0 Å². The van der Waals surface area contributed by atoms with Crippen molar-refractivity contribution in [2.45, 2.75) is 26.2 Å². The van der Waals surface area contributed by atoms with Gasteiger partial charge in [0, 0.05) is 12.0 Å². The molecule has 1 fully saturated rings. The van der Waals surface area contributed by atoms with Gasteiger partial charge in [-0.25, -0.2) is 0 Å². The van der Waals surface area contributed by atoms with Gasteiger partial charge in [0.2, 0.25) is 5.91 Å². The Morgan fingerprint density at radius 2 is 2.46 bits per heavy atom. The molecule has 2 rings (SSSR count). The second-order valence-corrected chi connectivity index (χ2v) is 3.44. The third-order valence-electron chi connectivity index (χ3n) is 2.36. The molecule has 0 aliphatic heterocycles. The summed E-state index contributed by atoms with van der Waals surface area (Å²) >= 11 is 0. The Bertz CT molecular complexity index is 315. The van der Waals surface area contributed by atoms with E-state index >= 15 is 0 Å². The van der Waals surface area contributed by atoms with E-state index in [1.807, 2.05) is 0 Å². The van der Waals surface area contributed by atoms with Gasteiger partial charge < -0.3 is 9.84 Å². The number of hydrogen-bond donors (Lipinski definition) is 1. The average molecular weight is 180 g/mol. The molecule has 4 nitrogen and oxygen atoms in total. The van der Waals surface area contributed by atoms with Gasteiger partial charge in [-0.15, -0.1) is 0 Å². The van der Waals surface area contributed by atoms with Gasteiger partial charge in [0.1, 0.15) is 5.76 Å². The summed E-state index contributed by atoms with van der Waals surface area (Å²) in [6.07, 6.45) is 3.17. The van der Waals surface area contributed by atoms with Crippen molar-refractivity contribution in [3.05, 3.63) is 11.8 Å². The summed E-state index contributed by atoms with van der Waals surface area (Å²) in [5.74, 6) is 1.50. The Morgan fingerprint density at radius 1 is 1.69 bits per heavy atom. The highest BCUT2D eigenvalue weighted by atomic mass is 16.5. The van der Waals surface area contributed by atoms with Crippen LogP contribution in [-0.2, 0) is 4.79 Å². The molecule has 1 saturated carbocycles. The molecule has 0 saturated heterocycles. The SMILES string of the molecule is Cc1cc(NC(=O)C2CCC2)no1. The van der Waals surface area contributed by atoms with Gasteiger partial charge in [-0.3, -0.25) is 4.79 Å². The van der Waals surface area contributed by atoms with Crippen LogP contribution in [0.25, 0.3) is 0 Å². The summed E-state index contributed by atoms with van der Waals surface area (Å²) < 4.78 is 4.83. The fourth-order valence-electron chi connectivity index (χ4n) is 1.32. The quantitative estimate of drug-likeness (QED) is 0.753. The van der Waals surface area contributed by atoms with Crippen LogP contribution in [0.2, 0.25) is 0 Å². The van der Waals surface area contributed by atoms with E-state index in [4.69, 9.17) is 4.52 Å². The Labute approximate surface area is 76.3 Å². The number of aromatic nitrogens is 1. The smallest absolute Gasteiger partial charge is 0.228 e. The predicted octanol–water partition coefficient (Wildman–Crippen LogP) is 1.72. The zero-order valence-electron chi connectivity index (χ0n) is 7.54. The number of rotatable bonds is 2. The first kappa shape index (κ1) is 8.29. The maximum Gasteiger partial charge on any atom is 0.228 e. The highest BCUT2D eigenvalue weighted by Crippen LogP contribution is 2.27. The number of nitrogens with one attached hydrogen (secondary N) is 1. The zero-order chi connectivity index (χ0) is 9.26. The standard InChI is InChI=1S/C9H12N2O2/c1-6-5-8(11-13-6)10-9(12)7-3-2-4-7/h5,7H,2-4H2,1H3,(H,10,11,12). The van der Waals surface area contributed by atoms with Crippen LogP contribution < -0.4 is 5.32 Å². The lowest BCUT2D eigenvalue weighted by Crippen LogP contribution is -2.28. The van der Waals surface area contributed by atoms with Crippen molar-refractivity contribution in [3.63, 3.8) is 0 Å². The normalized spacial score (nSPS) is 16.7. The second kappa shape index (κ2) is 3.20. The fraction of sp³-hybridized carbons (Fsp3) is 0.556. The molecule has 1 heterocycles. The van der Waals surface area contributed by atoms with E-state index in [0.717, 1.165) is 19.3 Å². The summed E-state index contributed by atoms with van der Waals surface area (Å²) in [5.41, 5.74) is 0. The first-order chi connectivity index (χ1) is 6.25.